The standard InChI is InChI=1S/C8H20N2.C2H2O4/c1-3-5-7-9-10-8-6-4-2;3-1(4)2(5)6/h9-10H,3-8H2,1-2H3;(H,3,4)(H,5,6)/p-2. The molecule has 2 N–H and O–H groups in total. The van der Waals surface area contributed by atoms with Crippen molar-refractivity contribution in [1.29, 1.82) is 0 Å². The first kappa shape index (κ1) is 17.3. The van der Waals surface area contributed by atoms with E-state index in [9.17, 15) is 0 Å². The first-order chi connectivity index (χ1) is 7.56. The van der Waals surface area contributed by atoms with Gasteiger partial charge in [0.05, 0.1) is 11.9 Å². The van der Waals surface area contributed by atoms with E-state index in [2.05, 4.69) is 24.7 Å². The van der Waals surface area contributed by atoms with Crippen LogP contribution in [-0.2, 0) is 9.59 Å². The maximum atomic E-state index is 8.93. The van der Waals surface area contributed by atoms with Crippen molar-refractivity contribution in [3.63, 3.8) is 0 Å². The van der Waals surface area contributed by atoms with E-state index in [0.29, 0.717) is 0 Å². The molecule has 0 unspecified atom stereocenters. The predicted octanol–water partition coefficient (Wildman–Crippen LogP) is -1.83. The molecule has 0 amide bonds. The Morgan fingerprint density at radius 3 is 1.38 bits per heavy atom. The topological polar surface area (TPSA) is 104 Å². The van der Waals surface area contributed by atoms with Crippen molar-refractivity contribution < 1.29 is 19.8 Å². The molecule has 6 nitrogen and oxygen atoms in total. The summed E-state index contributed by atoms with van der Waals surface area (Å²) in [4.78, 5) is 17.9. The summed E-state index contributed by atoms with van der Waals surface area (Å²) in [5.74, 6) is -4.37. The summed E-state index contributed by atoms with van der Waals surface area (Å²) in [5, 5.41) is 17.9. The minimum absolute atomic E-state index is 1.10. The van der Waals surface area contributed by atoms with Crippen LogP contribution in [0.3, 0.4) is 0 Å². The van der Waals surface area contributed by atoms with Gasteiger partial charge in [-0.3, -0.25) is 10.9 Å². The molecule has 0 aromatic rings. The van der Waals surface area contributed by atoms with E-state index >= 15 is 0 Å². The lowest BCUT2D eigenvalue weighted by molar-refractivity contribution is -0.345. The molecule has 0 aromatic carbocycles. The minimum atomic E-state index is -2.19. The number of hydrogen-bond acceptors (Lipinski definition) is 6. The zero-order chi connectivity index (χ0) is 12.8. The lowest BCUT2D eigenvalue weighted by atomic mass is 10.3. The lowest BCUT2D eigenvalue weighted by Gasteiger charge is -2.03. The molecule has 0 aliphatic rings. The molecule has 0 aliphatic carbocycles. The number of aliphatic carboxylic acids is 2. The van der Waals surface area contributed by atoms with Gasteiger partial charge in [-0.1, -0.05) is 26.7 Å². The molecule has 16 heavy (non-hydrogen) atoms. The highest BCUT2D eigenvalue weighted by Crippen LogP contribution is 1.82. The first-order valence-corrected chi connectivity index (χ1v) is 5.44. The molecule has 0 spiro atoms. The molecule has 96 valence electrons. The molecule has 0 aromatic heterocycles. The predicted molar refractivity (Wildman–Crippen MR) is 55.8 cm³/mol. The summed E-state index contributed by atoms with van der Waals surface area (Å²) in [6, 6.07) is 0. The number of carbonyl (C=O) groups excluding carboxylic acids is 2. The molecule has 0 aliphatic heterocycles. The van der Waals surface area contributed by atoms with Crippen molar-refractivity contribution in [2.75, 3.05) is 13.1 Å². The summed E-state index contributed by atoms with van der Waals surface area (Å²) in [7, 11) is 0. The van der Waals surface area contributed by atoms with E-state index in [1.165, 1.54) is 25.7 Å². The second kappa shape index (κ2) is 13.9. The molecular weight excluding hydrogens is 212 g/mol. The van der Waals surface area contributed by atoms with Gasteiger partial charge in [-0.15, -0.1) is 0 Å². The van der Waals surface area contributed by atoms with Crippen molar-refractivity contribution in [2.24, 2.45) is 0 Å². The fraction of sp³-hybridized carbons (Fsp3) is 0.800. The molecule has 0 atom stereocenters. The Kier molecular flexibility index (Phi) is 15.0. The molecule has 0 rings (SSSR count). The van der Waals surface area contributed by atoms with Crippen molar-refractivity contribution in [2.45, 2.75) is 39.5 Å². The van der Waals surface area contributed by atoms with Crippen molar-refractivity contribution in [3.05, 3.63) is 0 Å². The number of carbonyl (C=O) groups is 2. The zero-order valence-electron chi connectivity index (χ0n) is 9.88. The van der Waals surface area contributed by atoms with E-state index in [0.717, 1.165) is 13.1 Å². The van der Waals surface area contributed by atoms with Crippen LogP contribution in [0.4, 0.5) is 0 Å². The van der Waals surface area contributed by atoms with Crippen LogP contribution in [0.2, 0.25) is 0 Å². The number of nitrogens with one attached hydrogen (secondary N) is 2. The van der Waals surface area contributed by atoms with Gasteiger partial charge >= 0.3 is 0 Å². The molecule has 0 fully saturated rings. The van der Waals surface area contributed by atoms with Gasteiger partial charge in [0, 0.05) is 13.1 Å². The SMILES string of the molecule is CCCCNNCCCC.O=C([O-])C(=O)[O-]. The van der Waals surface area contributed by atoms with Crippen LogP contribution in [0.5, 0.6) is 0 Å². The number of rotatable bonds is 7. The molecule has 0 radical (unpaired) electrons. The van der Waals surface area contributed by atoms with Crippen molar-refractivity contribution in [1.82, 2.24) is 10.9 Å². The number of unbranched alkanes of at least 4 members (excludes halogenated alkanes) is 2. The van der Waals surface area contributed by atoms with Gasteiger partial charge in [-0.2, -0.15) is 0 Å². The largest absolute Gasteiger partial charge is 0.543 e. The molecule has 6 heteroatoms. The molecule has 0 heterocycles. The first-order valence-electron chi connectivity index (χ1n) is 5.44. The van der Waals surface area contributed by atoms with Crippen LogP contribution in [0.1, 0.15) is 39.5 Å². The third-order valence-electron chi connectivity index (χ3n) is 1.60. The average Bonchev–Trinajstić information content (AvgIpc) is 2.24. The monoisotopic (exact) mass is 232 g/mol. The van der Waals surface area contributed by atoms with Gasteiger partial charge in [0.15, 0.2) is 0 Å². The van der Waals surface area contributed by atoms with Crippen LogP contribution in [-0.4, -0.2) is 25.0 Å². The maximum Gasteiger partial charge on any atom is 0.0870 e. The zero-order valence-corrected chi connectivity index (χ0v) is 9.88. The minimum Gasteiger partial charge on any atom is -0.543 e. The Labute approximate surface area is 96.0 Å². The van der Waals surface area contributed by atoms with Crippen LogP contribution in [0.25, 0.3) is 0 Å². The third kappa shape index (κ3) is 18.6. The summed E-state index contributed by atoms with van der Waals surface area (Å²) < 4.78 is 0. The van der Waals surface area contributed by atoms with E-state index in [4.69, 9.17) is 19.8 Å². The highest BCUT2D eigenvalue weighted by Gasteiger charge is 1.83. The Balaban J connectivity index is 0. The van der Waals surface area contributed by atoms with Crippen LogP contribution in [0.15, 0.2) is 0 Å². The number of carboxylic acid groups (broad SMARTS) is 2. The normalized spacial score (nSPS) is 9.12. The van der Waals surface area contributed by atoms with Gasteiger partial charge in [-0.05, 0) is 12.8 Å². The maximum absolute atomic E-state index is 8.93. The molecule has 0 saturated carbocycles. The Hall–Kier alpha value is -1.14. The highest BCUT2D eigenvalue weighted by atomic mass is 16.4. The summed E-state index contributed by atoms with van der Waals surface area (Å²) in [5.41, 5.74) is 6.34. The molecule has 0 bridgehead atoms. The Morgan fingerprint density at radius 2 is 1.19 bits per heavy atom. The van der Waals surface area contributed by atoms with Gasteiger partial charge in [-0.25, -0.2) is 0 Å². The van der Waals surface area contributed by atoms with Crippen LogP contribution in [0, 0.1) is 0 Å². The van der Waals surface area contributed by atoms with Gasteiger partial charge in [0.1, 0.15) is 0 Å². The molecule has 0 saturated heterocycles. The van der Waals surface area contributed by atoms with Gasteiger partial charge < -0.3 is 19.8 Å². The number of hydrogen-bond donors (Lipinski definition) is 2. The van der Waals surface area contributed by atoms with Gasteiger partial charge in [0.25, 0.3) is 0 Å². The highest BCUT2D eigenvalue weighted by molar-refractivity contribution is 6.25. The van der Waals surface area contributed by atoms with Gasteiger partial charge in [0.2, 0.25) is 0 Å². The third-order valence-corrected chi connectivity index (χ3v) is 1.60. The smallest absolute Gasteiger partial charge is 0.0870 e. The second-order valence-electron chi connectivity index (χ2n) is 3.14. The van der Waals surface area contributed by atoms with E-state index < -0.39 is 11.9 Å². The van der Waals surface area contributed by atoms with E-state index in [1.54, 1.807) is 0 Å². The van der Waals surface area contributed by atoms with Crippen molar-refractivity contribution in [3.8, 4) is 0 Å². The van der Waals surface area contributed by atoms with E-state index in [-0.39, 0.29) is 0 Å². The Bertz CT molecular complexity index is 166. The van der Waals surface area contributed by atoms with E-state index in [1.807, 2.05) is 0 Å². The fourth-order valence-electron chi connectivity index (χ4n) is 0.707. The summed E-state index contributed by atoms with van der Waals surface area (Å²) >= 11 is 0. The average molecular weight is 232 g/mol. The lowest BCUT2D eigenvalue weighted by Crippen LogP contribution is -2.42. The Morgan fingerprint density at radius 1 is 0.875 bits per heavy atom. The summed E-state index contributed by atoms with van der Waals surface area (Å²) in [6.45, 7) is 6.60. The fourth-order valence-corrected chi connectivity index (χ4v) is 0.707. The quantitative estimate of drug-likeness (QED) is 0.304. The van der Waals surface area contributed by atoms with Crippen LogP contribution < -0.4 is 21.1 Å². The second-order valence-corrected chi connectivity index (χ2v) is 3.14. The molecular formula is C10H20N2O4-2. The van der Waals surface area contributed by atoms with Crippen molar-refractivity contribution >= 4 is 11.9 Å². The number of hydrazine groups is 1. The number of carboxylic acids is 2. The van der Waals surface area contributed by atoms with Crippen LogP contribution >= 0.6 is 0 Å². The summed E-state index contributed by atoms with van der Waals surface area (Å²) in [6.07, 6.45) is 5.06.